The van der Waals surface area contributed by atoms with Crippen LogP contribution in [0.15, 0.2) is 73.2 Å². The van der Waals surface area contributed by atoms with Crippen LogP contribution in [0, 0.1) is 57.9 Å². The number of ether oxygens (including phenoxy) is 4. The van der Waals surface area contributed by atoms with Crippen LogP contribution in [0.4, 0.5) is 23.4 Å². The maximum atomic E-state index is 13.8. The number of ketones is 1. The number of alkyl halides is 5. The minimum atomic E-state index is -1.14. The summed E-state index contributed by atoms with van der Waals surface area (Å²) in [4.78, 5) is 59.3. The Hall–Kier alpha value is -3.61. The lowest BCUT2D eigenvalue weighted by atomic mass is 10.2. The summed E-state index contributed by atoms with van der Waals surface area (Å²) in [6.45, 7) is 15.8. The summed E-state index contributed by atoms with van der Waals surface area (Å²) in [5.74, 6) is -3.73. The smallest absolute Gasteiger partial charge is 0.357 e. The Balaban J connectivity index is 0. The van der Waals surface area contributed by atoms with Gasteiger partial charge in [0.15, 0.2) is 56.9 Å². The number of aromatic hydroxyl groups is 2. The molecule has 0 amide bonds. The maximum Gasteiger partial charge on any atom is 0.357 e. The summed E-state index contributed by atoms with van der Waals surface area (Å²) in [7, 11) is 0. The minimum Gasteiger partial charge on any atom is -0.504 e. The molecule has 0 bridgehead atoms. The summed E-state index contributed by atoms with van der Waals surface area (Å²) in [6.07, 6.45) is 5.09. The van der Waals surface area contributed by atoms with Crippen molar-refractivity contribution in [2.45, 2.75) is 87.1 Å². The molecule has 80 heavy (non-hydrogen) atoms. The molecule has 1 atom stereocenters. The number of esters is 3. The number of carbonyl (C=O) groups excluding carboxylic acids is 4. The molecule has 1 unspecified atom stereocenters. The number of hydrogen-bond donors (Lipinski definition) is 3. The average Bonchev–Trinajstić information content (AvgIpc) is 3.92. The van der Waals surface area contributed by atoms with E-state index < -0.39 is 46.6 Å². The van der Waals surface area contributed by atoms with Crippen molar-refractivity contribution >= 4 is 173 Å². The van der Waals surface area contributed by atoms with Gasteiger partial charge < -0.3 is 34.9 Å². The van der Waals surface area contributed by atoms with E-state index in [1.54, 1.807) is 80.2 Å². The molecule has 0 aliphatic carbocycles. The van der Waals surface area contributed by atoms with Crippen molar-refractivity contribution in [2.24, 2.45) is 0 Å². The van der Waals surface area contributed by atoms with E-state index in [0.717, 1.165) is 16.7 Å². The van der Waals surface area contributed by atoms with Gasteiger partial charge in [-0.15, -0.1) is 11.6 Å². The van der Waals surface area contributed by atoms with Crippen molar-refractivity contribution in [3.63, 3.8) is 0 Å². The summed E-state index contributed by atoms with van der Waals surface area (Å²) in [6, 6.07) is 12.3. The van der Waals surface area contributed by atoms with Crippen molar-refractivity contribution in [1.29, 1.82) is 0 Å². The Labute approximate surface area is 541 Å². The molecule has 16 nitrogen and oxygen atoms in total. The first kappa shape index (κ1) is 78.5. The van der Waals surface area contributed by atoms with Gasteiger partial charge in [0.2, 0.25) is 0 Å². The van der Waals surface area contributed by atoms with Gasteiger partial charge in [-0.05, 0) is 126 Å². The molecule has 0 aliphatic heterocycles. The Morgan fingerprint density at radius 3 is 1.49 bits per heavy atom. The Morgan fingerprint density at radius 2 is 1.10 bits per heavy atom. The van der Waals surface area contributed by atoms with Crippen LogP contribution in [0.25, 0.3) is 11.3 Å². The van der Waals surface area contributed by atoms with E-state index in [2.05, 4.69) is 141 Å². The second-order valence-electron chi connectivity index (χ2n) is 15.3. The number of carbonyl (C=O) groups is 4. The molecule has 5 aromatic heterocycles. The van der Waals surface area contributed by atoms with Gasteiger partial charge in [-0.1, -0.05) is 103 Å². The number of nitrogens with two attached hydrogens (primary N) is 1. The van der Waals surface area contributed by atoms with E-state index in [9.17, 15) is 41.8 Å². The Bertz CT molecular complexity index is 3030. The minimum absolute atomic E-state index is 0. The molecule has 0 spiro atoms. The lowest BCUT2D eigenvalue weighted by molar-refractivity contribution is -0.144. The molecule has 0 fully saturated rings. The second-order valence-corrected chi connectivity index (χ2v) is 20.7. The number of nitrogens with zero attached hydrogens (tertiary/aromatic N) is 5. The monoisotopic (exact) mass is 1770 g/mol. The first-order valence-corrected chi connectivity index (χ1v) is 35.9. The van der Waals surface area contributed by atoms with Crippen molar-refractivity contribution in [3.05, 3.63) is 147 Å². The third-order valence-electron chi connectivity index (χ3n) is 9.46. The molecule has 7 aromatic rings. The number of imidazole rings is 2. The lowest BCUT2D eigenvalue weighted by Crippen LogP contribution is -2.24. The number of hydrogen-bond acceptors (Lipinski definition) is 14. The van der Waals surface area contributed by atoms with Crippen LogP contribution in [0.1, 0.15) is 95.3 Å². The van der Waals surface area contributed by atoms with E-state index in [-0.39, 0.29) is 66.8 Å². The molecule has 0 saturated heterocycles. The van der Waals surface area contributed by atoms with Gasteiger partial charge in [0.05, 0.1) is 39.2 Å². The highest BCUT2D eigenvalue weighted by Gasteiger charge is 2.23. The van der Waals surface area contributed by atoms with E-state index in [1.807, 2.05) is 25.7 Å². The van der Waals surface area contributed by atoms with Crippen LogP contribution in [-0.4, -0.2) is 90.2 Å². The zero-order valence-electron chi connectivity index (χ0n) is 44.4. The molecule has 27 heteroatoms. The van der Waals surface area contributed by atoms with E-state index in [1.165, 1.54) is 45.8 Å². The predicted octanol–water partition coefficient (Wildman–Crippen LogP) is 15.4. The number of anilines is 1. The number of nitrogen functional groups attached to an aromatic ring is 1. The topological polar surface area (TPSA) is 219 Å². The normalized spacial score (nSPS) is 10.1. The summed E-state index contributed by atoms with van der Waals surface area (Å²) >= 11 is 19.2. The average molecular weight is 1770 g/mol. The zero-order chi connectivity index (χ0) is 60.7. The van der Waals surface area contributed by atoms with Gasteiger partial charge in [0, 0.05) is 66.7 Å². The van der Waals surface area contributed by atoms with Crippen LogP contribution in [0.3, 0.4) is 0 Å². The Morgan fingerprint density at radius 1 is 0.700 bits per heavy atom. The van der Waals surface area contributed by atoms with Crippen LogP contribution < -0.4 is 10.5 Å². The summed E-state index contributed by atoms with van der Waals surface area (Å²) in [5.41, 5.74) is 10.1. The van der Waals surface area contributed by atoms with Gasteiger partial charge in [-0.2, -0.15) is 0 Å². The van der Waals surface area contributed by atoms with Crippen LogP contribution in [0.2, 0.25) is 0 Å². The number of halogens is 11. The summed E-state index contributed by atoms with van der Waals surface area (Å²) < 4.78 is 77.3. The van der Waals surface area contributed by atoms with E-state index >= 15 is 0 Å². The van der Waals surface area contributed by atoms with Gasteiger partial charge in [-0.25, -0.2) is 46.9 Å². The number of pyridine rings is 3. The van der Waals surface area contributed by atoms with E-state index in [4.69, 9.17) is 36.7 Å². The largest absolute Gasteiger partial charge is 0.504 e. The van der Waals surface area contributed by atoms with Gasteiger partial charge >= 0.3 is 17.9 Å². The lowest BCUT2D eigenvalue weighted by Gasteiger charge is -2.11. The molecule has 0 aliphatic rings. The predicted molar refractivity (Wildman–Crippen MR) is 352 cm³/mol. The molecule has 5 heterocycles. The number of aromatic nitrogens is 5. The fourth-order valence-electron chi connectivity index (χ4n) is 6.15. The molecule has 4 N–H and O–H groups in total. The maximum absolute atomic E-state index is 13.8. The van der Waals surface area contributed by atoms with Gasteiger partial charge in [0.25, 0.3) is 0 Å². The third kappa shape index (κ3) is 25.5. The first-order chi connectivity index (χ1) is 37.4. The number of Topliss-reactive ketones (excluding diaryl/α,β-unsaturated/α-hetero) is 1. The number of benzene rings is 2. The van der Waals surface area contributed by atoms with Crippen molar-refractivity contribution < 1.29 is 65.9 Å². The number of rotatable bonds is 11. The van der Waals surface area contributed by atoms with E-state index in [0.29, 0.717) is 46.4 Å². The SMILES string of the molecule is C.CCOC(=O)C(Cl)C(C)=O.CCOC(=O)c1c(C)nc2c(O)cc(C)cn12.CCOC(=O)c1c(C)nc2c(OCc3c(F)cccc3F)cc(C)cn12.CI.Cc1cnc(N)c(O)c1.Fc1cccc(F)c1CBr.ICI.II. The standard InChI is InChI=1S/C19H18F2N2O3.C12H14N2O3.C7H5BrF2.C6H9ClO3.C6H8N2O.CH2I2.CH3I.CH4.I2/c1-4-25-19(24)17-12(3)22-18-16(8-11(2)9-23(17)18)26-10-13-14(20)6-5-7-15(13)21;1-4-17-12(16)10-8(3)13-11-9(15)5-7(2)6-14(10)11;8-4-5-6(9)2-1-3-7(5)10;1-3-10-6(9)5(7)4(2)8;1-4-2-5(9)6(7)8-3-4;2-1-3;1-2;;1-2/h5-9H,4,10H2,1-3H3;5-6,15H,4H2,1-3H3;1-3H,4H2;5H,3H2,1-2H3;2-3,9H,1H3,(H2,7,8);1H2;1H3;1H4;. The molecular weight excluding hydrogens is 1710 g/mol. The number of fused-ring (bicyclic) bond motifs is 2. The molecule has 0 radical (unpaired) electrons. The zero-order valence-corrected chi connectivity index (χ0v) is 57.5. The highest BCUT2D eigenvalue weighted by molar-refractivity contribution is 15.0. The third-order valence-corrected chi connectivity index (χ3v) is 10.5. The highest BCUT2D eigenvalue weighted by atomic mass is 128. The van der Waals surface area contributed by atoms with Crippen molar-refractivity contribution in [3.8, 4) is 17.2 Å². The molecule has 2 aromatic carbocycles. The van der Waals surface area contributed by atoms with Gasteiger partial charge in [0.1, 0.15) is 29.9 Å². The first-order valence-electron chi connectivity index (χ1n) is 22.8. The number of aryl methyl sites for hydroxylation is 5. The van der Waals surface area contributed by atoms with Crippen LogP contribution in [-0.2, 0) is 35.7 Å². The van der Waals surface area contributed by atoms with Gasteiger partial charge in [-0.3, -0.25) is 13.6 Å². The van der Waals surface area contributed by atoms with Crippen LogP contribution >= 0.6 is 133 Å². The Kier molecular flexibility index (Phi) is 41.4. The van der Waals surface area contributed by atoms with Crippen molar-refractivity contribution in [1.82, 2.24) is 23.8 Å². The van der Waals surface area contributed by atoms with Crippen molar-refractivity contribution in [2.75, 3.05) is 32.9 Å². The summed E-state index contributed by atoms with van der Waals surface area (Å²) in [5, 5.41) is 17.8. The quantitative estimate of drug-likeness (QED) is 0.0274. The molecule has 442 valence electrons. The fourth-order valence-corrected chi connectivity index (χ4v) is 6.75. The molecule has 0 saturated carbocycles. The second kappa shape index (κ2) is 42.2. The fraction of sp³-hybridized carbons (Fsp3) is 0.340. The molecule has 7 rings (SSSR count). The molecular formula is C53H63BrClF4I5N6O10. The highest BCUT2D eigenvalue weighted by Crippen LogP contribution is 2.27. The van der Waals surface area contributed by atoms with Crippen LogP contribution in [0.5, 0.6) is 17.2 Å².